The number of pyridine rings is 2. The number of rotatable bonds is 2. The summed E-state index contributed by atoms with van der Waals surface area (Å²) in [6, 6.07) is 6.69. The molecule has 0 spiro atoms. The van der Waals surface area contributed by atoms with Gasteiger partial charge in [0.2, 0.25) is 0 Å². The lowest BCUT2D eigenvalue weighted by Gasteiger charge is -2.04. The number of nitrogens with zero attached hydrogens (tertiary/aromatic N) is 2. The van der Waals surface area contributed by atoms with Crippen molar-refractivity contribution in [2.45, 2.75) is 0 Å². The number of anilines is 1. The summed E-state index contributed by atoms with van der Waals surface area (Å²) in [6.07, 6.45) is 3.10. The highest BCUT2D eigenvalue weighted by molar-refractivity contribution is 9.10. The van der Waals surface area contributed by atoms with E-state index in [1.54, 1.807) is 36.7 Å². The SMILES string of the molecule is O=C(Nc1ncccc1Cl)c1ccc(Br)cn1. The highest BCUT2D eigenvalue weighted by atomic mass is 79.9. The number of nitrogens with one attached hydrogen (secondary N) is 1. The first-order valence-corrected chi connectivity index (χ1v) is 5.87. The zero-order valence-corrected chi connectivity index (χ0v) is 10.9. The van der Waals surface area contributed by atoms with Gasteiger partial charge in [-0.1, -0.05) is 11.6 Å². The van der Waals surface area contributed by atoms with Gasteiger partial charge in [-0.2, -0.15) is 0 Å². The van der Waals surface area contributed by atoms with Crippen molar-refractivity contribution in [3.63, 3.8) is 0 Å². The molecule has 0 unspecified atom stereocenters. The van der Waals surface area contributed by atoms with Crippen LogP contribution in [0, 0.1) is 0 Å². The molecule has 2 heterocycles. The largest absolute Gasteiger partial charge is 0.304 e. The molecule has 0 aliphatic carbocycles. The summed E-state index contributed by atoms with van der Waals surface area (Å²) in [5, 5.41) is 2.97. The van der Waals surface area contributed by atoms with Crippen LogP contribution in [0.1, 0.15) is 10.5 Å². The van der Waals surface area contributed by atoms with Crippen LogP contribution in [0.25, 0.3) is 0 Å². The van der Waals surface area contributed by atoms with Gasteiger partial charge in [0.1, 0.15) is 5.69 Å². The van der Waals surface area contributed by atoms with Crippen LogP contribution in [-0.4, -0.2) is 15.9 Å². The highest BCUT2D eigenvalue weighted by Gasteiger charge is 2.09. The zero-order chi connectivity index (χ0) is 12.3. The van der Waals surface area contributed by atoms with Gasteiger partial charge in [0, 0.05) is 16.9 Å². The quantitative estimate of drug-likeness (QED) is 0.927. The van der Waals surface area contributed by atoms with Crippen LogP contribution in [-0.2, 0) is 0 Å². The number of carbonyl (C=O) groups excluding carboxylic acids is 1. The Labute approximate surface area is 111 Å². The smallest absolute Gasteiger partial charge is 0.275 e. The van der Waals surface area contributed by atoms with Crippen LogP contribution >= 0.6 is 27.5 Å². The summed E-state index contributed by atoms with van der Waals surface area (Å²) in [4.78, 5) is 19.7. The first-order valence-electron chi connectivity index (χ1n) is 4.70. The van der Waals surface area contributed by atoms with Crippen molar-refractivity contribution < 1.29 is 4.79 Å². The van der Waals surface area contributed by atoms with Gasteiger partial charge in [-0.05, 0) is 40.2 Å². The van der Waals surface area contributed by atoms with E-state index in [1.807, 2.05) is 0 Å². The summed E-state index contributed by atoms with van der Waals surface area (Å²) < 4.78 is 0.810. The molecule has 0 radical (unpaired) electrons. The summed E-state index contributed by atoms with van der Waals surface area (Å²) in [7, 11) is 0. The Hall–Kier alpha value is -1.46. The summed E-state index contributed by atoms with van der Waals surface area (Å²) in [5.41, 5.74) is 0.301. The van der Waals surface area contributed by atoms with Gasteiger partial charge in [-0.25, -0.2) is 9.97 Å². The molecule has 0 aliphatic rings. The fourth-order valence-electron chi connectivity index (χ4n) is 1.16. The summed E-state index contributed by atoms with van der Waals surface area (Å²) >= 11 is 9.12. The monoisotopic (exact) mass is 311 g/mol. The molecule has 2 aromatic heterocycles. The van der Waals surface area contributed by atoms with E-state index >= 15 is 0 Å². The van der Waals surface area contributed by atoms with Crippen LogP contribution in [0.5, 0.6) is 0 Å². The predicted molar refractivity (Wildman–Crippen MR) is 69.1 cm³/mol. The first kappa shape index (κ1) is 12.0. The van der Waals surface area contributed by atoms with Gasteiger partial charge in [0.15, 0.2) is 5.82 Å². The van der Waals surface area contributed by atoms with E-state index in [0.717, 1.165) is 4.47 Å². The van der Waals surface area contributed by atoms with E-state index in [0.29, 0.717) is 16.5 Å². The molecule has 17 heavy (non-hydrogen) atoms. The van der Waals surface area contributed by atoms with E-state index in [2.05, 4.69) is 31.2 Å². The topological polar surface area (TPSA) is 54.9 Å². The lowest BCUT2D eigenvalue weighted by molar-refractivity contribution is 0.102. The van der Waals surface area contributed by atoms with Crippen LogP contribution < -0.4 is 5.32 Å². The molecule has 0 saturated carbocycles. The van der Waals surface area contributed by atoms with Crippen molar-refractivity contribution in [2.75, 3.05) is 5.32 Å². The molecule has 2 aromatic rings. The molecule has 86 valence electrons. The molecular formula is C11H7BrClN3O. The number of hydrogen-bond acceptors (Lipinski definition) is 3. The molecule has 0 atom stereocenters. The van der Waals surface area contributed by atoms with Crippen molar-refractivity contribution >= 4 is 39.3 Å². The van der Waals surface area contributed by atoms with E-state index in [9.17, 15) is 4.79 Å². The molecule has 1 amide bonds. The van der Waals surface area contributed by atoms with Gasteiger partial charge in [0.25, 0.3) is 5.91 Å². The number of amides is 1. The molecule has 0 aromatic carbocycles. The van der Waals surface area contributed by atoms with Crippen molar-refractivity contribution in [3.05, 3.63) is 51.8 Å². The molecule has 0 saturated heterocycles. The second-order valence-corrected chi connectivity index (χ2v) is 4.47. The molecule has 4 nitrogen and oxygen atoms in total. The Kier molecular flexibility index (Phi) is 3.71. The highest BCUT2D eigenvalue weighted by Crippen LogP contribution is 2.18. The molecular weight excluding hydrogens is 305 g/mol. The fraction of sp³-hybridized carbons (Fsp3) is 0. The number of aromatic nitrogens is 2. The number of carbonyl (C=O) groups is 1. The first-order chi connectivity index (χ1) is 8.16. The third-order valence-electron chi connectivity index (χ3n) is 1.95. The minimum atomic E-state index is -0.349. The Balaban J connectivity index is 2.17. The Morgan fingerprint density at radius 3 is 2.76 bits per heavy atom. The third kappa shape index (κ3) is 3.01. The Morgan fingerprint density at radius 1 is 1.29 bits per heavy atom. The lowest BCUT2D eigenvalue weighted by Crippen LogP contribution is -2.14. The number of hydrogen-bond donors (Lipinski definition) is 1. The molecule has 1 N–H and O–H groups in total. The molecule has 2 rings (SSSR count). The second-order valence-electron chi connectivity index (χ2n) is 3.15. The second kappa shape index (κ2) is 5.25. The molecule has 0 bridgehead atoms. The summed E-state index contributed by atoms with van der Waals surface area (Å²) in [6.45, 7) is 0. The molecule has 0 fully saturated rings. The van der Waals surface area contributed by atoms with Gasteiger partial charge >= 0.3 is 0 Å². The zero-order valence-electron chi connectivity index (χ0n) is 8.52. The third-order valence-corrected chi connectivity index (χ3v) is 2.72. The van der Waals surface area contributed by atoms with Gasteiger partial charge < -0.3 is 5.32 Å². The normalized spacial score (nSPS) is 10.0. The Bertz CT molecular complexity index is 545. The van der Waals surface area contributed by atoms with Gasteiger partial charge in [-0.3, -0.25) is 4.79 Å². The fourth-order valence-corrected chi connectivity index (χ4v) is 1.56. The van der Waals surface area contributed by atoms with E-state index in [4.69, 9.17) is 11.6 Å². The predicted octanol–water partition coefficient (Wildman–Crippen LogP) is 3.14. The van der Waals surface area contributed by atoms with Crippen LogP contribution in [0.4, 0.5) is 5.82 Å². The molecule has 6 heteroatoms. The van der Waals surface area contributed by atoms with Crippen LogP contribution in [0.15, 0.2) is 41.1 Å². The minimum absolute atomic E-state index is 0.301. The average molecular weight is 313 g/mol. The summed E-state index contributed by atoms with van der Waals surface area (Å²) in [5.74, 6) is -0.0259. The number of halogens is 2. The minimum Gasteiger partial charge on any atom is -0.304 e. The standard InChI is InChI=1S/C11H7BrClN3O/c12-7-3-4-9(15-6-7)11(17)16-10-8(13)2-1-5-14-10/h1-6H,(H,14,16,17). The Morgan fingerprint density at radius 2 is 2.12 bits per heavy atom. The van der Waals surface area contributed by atoms with Crippen molar-refractivity contribution in [1.29, 1.82) is 0 Å². The van der Waals surface area contributed by atoms with E-state index in [1.165, 1.54) is 0 Å². The van der Waals surface area contributed by atoms with E-state index in [-0.39, 0.29) is 5.91 Å². The van der Waals surface area contributed by atoms with E-state index < -0.39 is 0 Å². The van der Waals surface area contributed by atoms with Crippen LogP contribution in [0.2, 0.25) is 5.02 Å². The maximum atomic E-state index is 11.8. The van der Waals surface area contributed by atoms with Crippen LogP contribution in [0.3, 0.4) is 0 Å². The maximum Gasteiger partial charge on any atom is 0.275 e. The average Bonchev–Trinajstić information content (AvgIpc) is 2.33. The van der Waals surface area contributed by atoms with Crippen molar-refractivity contribution in [1.82, 2.24) is 9.97 Å². The van der Waals surface area contributed by atoms with Gasteiger partial charge in [0.05, 0.1) is 5.02 Å². The lowest BCUT2D eigenvalue weighted by atomic mass is 10.3. The van der Waals surface area contributed by atoms with Gasteiger partial charge in [-0.15, -0.1) is 0 Å². The van der Waals surface area contributed by atoms with Crippen molar-refractivity contribution in [2.24, 2.45) is 0 Å². The molecule has 0 aliphatic heterocycles. The van der Waals surface area contributed by atoms with Crippen molar-refractivity contribution in [3.8, 4) is 0 Å². The maximum absolute atomic E-state index is 11.8.